The number of carboxylic acid groups (broad SMARTS) is 1. The first kappa shape index (κ1) is 12.1. The van der Waals surface area contributed by atoms with Crippen LogP contribution in [-0.4, -0.2) is 38.7 Å². The van der Waals surface area contributed by atoms with Crippen LogP contribution in [0.2, 0.25) is 0 Å². The van der Waals surface area contributed by atoms with Gasteiger partial charge in [0, 0.05) is 16.0 Å². The summed E-state index contributed by atoms with van der Waals surface area (Å²) < 4.78 is 11.1. The van der Waals surface area contributed by atoms with Crippen molar-refractivity contribution in [2.24, 2.45) is 0 Å². The molecule has 0 aliphatic heterocycles. The van der Waals surface area contributed by atoms with Crippen molar-refractivity contribution in [3.05, 3.63) is 0 Å². The number of carbonyl (C=O) groups is 2. The molecule has 0 saturated carbocycles. The lowest BCUT2D eigenvalue weighted by Crippen LogP contribution is -2.34. The van der Waals surface area contributed by atoms with E-state index >= 15 is 0 Å². The molecule has 0 saturated heterocycles. The molecule has 1 atom stereocenters. The van der Waals surface area contributed by atoms with Crippen LogP contribution in [0, 0.1) is 0 Å². The van der Waals surface area contributed by atoms with E-state index in [2.05, 4.69) is 5.32 Å². The van der Waals surface area contributed by atoms with Gasteiger partial charge in [0.25, 0.3) is 0 Å². The van der Waals surface area contributed by atoms with Gasteiger partial charge in [-0.3, -0.25) is 13.8 Å². The molecule has 0 radical (unpaired) electrons. The first-order chi connectivity index (χ1) is 5.93. The third-order valence-corrected chi connectivity index (χ3v) is 2.83. The van der Waals surface area contributed by atoms with Gasteiger partial charge in [0.05, 0.1) is 0 Å². The Morgan fingerprint density at radius 1 is 1.46 bits per heavy atom. The maximum absolute atomic E-state index is 11.1. The van der Waals surface area contributed by atoms with E-state index in [4.69, 9.17) is 5.11 Å². The zero-order chi connectivity index (χ0) is 10.4. The number of carbonyl (C=O) groups excluding carboxylic acids is 1. The summed E-state index contributed by atoms with van der Waals surface area (Å²) in [5.74, 6) is -1.73. The predicted octanol–water partition coefficient (Wildman–Crippen LogP) is -0.656. The quantitative estimate of drug-likeness (QED) is 0.627. The normalized spacial score (nSPS) is 12.5. The van der Waals surface area contributed by atoms with Crippen molar-refractivity contribution in [3.8, 4) is 0 Å². The lowest BCUT2D eigenvalue weighted by Gasteiger charge is -2.04. The molecule has 0 heterocycles. The molecule has 0 spiro atoms. The van der Waals surface area contributed by atoms with E-state index in [0.717, 1.165) is 0 Å². The zero-order valence-electron chi connectivity index (χ0n) is 7.57. The summed E-state index contributed by atoms with van der Waals surface area (Å²) in [6, 6.07) is 0. The standard InChI is InChI=1S/C7H13NO4S/c1-5(2)13(12)4-6(9)8-3-7(10)11/h5H,3-4H2,1-2H3,(H,8,9)(H,10,11). The maximum atomic E-state index is 11.1. The third kappa shape index (κ3) is 6.27. The van der Waals surface area contributed by atoms with Crippen molar-refractivity contribution in [2.75, 3.05) is 12.3 Å². The number of amides is 1. The Labute approximate surface area is 79.0 Å². The van der Waals surface area contributed by atoms with Crippen LogP contribution in [0.1, 0.15) is 13.8 Å². The molecule has 0 aromatic carbocycles. The molecule has 6 heteroatoms. The Morgan fingerprint density at radius 3 is 2.38 bits per heavy atom. The minimum Gasteiger partial charge on any atom is -0.480 e. The second kappa shape index (κ2) is 5.69. The van der Waals surface area contributed by atoms with Gasteiger partial charge in [0.1, 0.15) is 12.3 Å². The Morgan fingerprint density at radius 2 is 2.00 bits per heavy atom. The van der Waals surface area contributed by atoms with Crippen LogP contribution in [0.25, 0.3) is 0 Å². The van der Waals surface area contributed by atoms with E-state index in [1.54, 1.807) is 13.8 Å². The van der Waals surface area contributed by atoms with Crippen LogP contribution in [0.15, 0.2) is 0 Å². The Hall–Kier alpha value is -0.910. The second-order valence-corrected chi connectivity index (χ2v) is 4.74. The van der Waals surface area contributed by atoms with Crippen molar-refractivity contribution in [1.82, 2.24) is 5.32 Å². The first-order valence-corrected chi connectivity index (χ1v) is 5.17. The first-order valence-electron chi connectivity index (χ1n) is 3.79. The second-order valence-electron chi connectivity index (χ2n) is 2.74. The molecule has 1 amide bonds. The Balaban J connectivity index is 3.75. The molecule has 0 rings (SSSR count). The molecule has 2 N–H and O–H groups in total. The summed E-state index contributed by atoms with van der Waals surface area (Å²) in [6.07, 6.45) is 0. The van der Waals surface area contributed by atoms with E-state index in [1.165, 1.54) is 0 Å². The third-order valence-electron chi connectivity index (χ3n) is 1.24. The minimum atomic E-state index is -1.22. The molecule has 76 valence electrons. The summed E-state index contributed by atoms with van der Waals surface area (Å²) in [5, 5.41) is 10.3. The van der Waals surface area contributed by atoms with Gasteiger partial charge in [-0.1, -0.05) is 13.8 Å². The van der Waals surface area contributed by atoms with E-state index < -0.39 is 29.2 Å². The van der Waals surface area contributed by atoms with E-state index in [-0.39, 0.29) is 11.0 Å². The molecular formula is C7H13NO4S. The van der Waals surface area contributed by atoms with E-state index in [1.807, 2.05) is 0 Å². The van der Waals surface area contributed by atoms with Crippen LogP contribution < -0.4 is 5.32 Å². The van der Waals surface area contributed by atoms with Crippen LogP contribution >= 0.6 is 0 Å². The van der Waals surface area contributed by atoms with E-state index in [0.29, 0.717) is 0 Å². The summed E-state index contributed by atoms with van der Waals surface area (Å²) in [5.41, 5.74) is 0. The summed E-state index contributed by atoms with van der Waals surface area (Å²) >= 11 is 0. The summed E-state index contributed by atoms with van der Waals surface area (Å²) in [6.45, 7) is 3.05. The minimum absolute atomic E-state index is 0.0874. The molecule has 13 heavy (non-hydrogen) atoms. The van der Waals surface area contributed by atoms with Crippen LogP contribution in [0.3, 0.4) is 0 Å². The van der Waals surface area contributed by atoms with Gasteiger partial charge in [-0.2, -0.15) is 0 Å². The lowest BCUT2D eigenvalue weighted by molar-refractivity contribution is -0.137. The Kier molecular flexibility index (Phi) is 5.29. The van der Waals surface area contributed by atoms with E-state index in [9.17, 15) is 13.8 Å². The number of hydrogen-bond donors (Lipinski definition) is 2. The Bertz CT molecular complexity index is 227. The fourth-order valence-corrected chi connectivity index (χ4v) is 1.21. The molecule has 5 nitrogen and oxygen atoms in total. The highest BCUT2D eigenvalue weighted by Gasteiger charge is 2.11. The van der Waals surface area contributed by atoms with Crippen molar-refractivity contribution < 1.29 is 18.9 Å². The van der Waals surface area contributed by atoms with Crippen molar-refractivity contribution >= 4 is 22.7 Å². The number of aliphatic carboxylic acids is 1. The van der Waals surface area contributed by atoms with Gasteiger partial charge >= 0.3 is 5.97 Å². The average Bonchev–Trinajstić information content (AvgIpc) is 2.00. The average molecular weight is 207 g/mol. The topological polar surface area (TPSA) is 83.5 Å². The lowest BCUT2D eigenvalue weighted by atomic mass is 10.6. The smallest absolute Gasteiger partial charge is 0.322 e. The predicted molar refractivity (Wildman–Crippen MR) is 48.8 cm³/mol. The van der Waals surface area contributed by atoms with Crippen LogP contribution in [-0.2, 0) is 20.4 Å². The highest BCUT2D eigenvalue weighted by Crippen LogP contribution is 1.93. The summed E-state index contributed by atoms with van der Waals surface area (Å²) in [7, 11) is -1.22. The molecule has 0 bridgehead atoms. The van der Waals surface area contributed by atoms with Crippen molar-refractivity contribution in [2.45, 2.75) is 19.1 Å². The zero-order valence-corrected chi connectivity index (χ0v) is 8.39. The number of carboxylic acids is 1. The van der Waals surface area contributed by atoms with Gasteiger partial charge in [-0.25, -0.2) is 0 Å². The molecule has 1 unspecified atom stereocenters. The van der Waals surface area contributed by atoms with Crippen molar-refractivity contribution in [1.29, 1.82) is 0 Å². The monoisotopic (exact) mass is 207 g/mol. The molecule has 0 fully saturated rings. The summed E-state index contributed by atoms with van der Waals surface area (Å²) in [4.78, 5) is 20.9. The number of rotatable bonds is 5. The van der Waals surface area contributed by atoms with Crippen LogP contribution in [0.4, 0.5) is 0 Å². The van der Waals surface area contributed by atoms with Crippen LogP contribution in [0.5, 0.6) is 0 Å². The number of nitrogens with one attached hydrogen (secondary N) is 1. The molecular weight excluding hydrogens is 194 g/mol. The SMILES string of the molecule is CC(C)S(=O)CC(=O)NCC(=O)O. The highest BCUT2D eigenvalue weighted by molar-refractivity contribution is 7.86. The van der Waals surface area contributed by atoms with Gasteiger partial charge in [0.15, 0.2) is 0 Å². The van der Waals surface area contributed by atoms with Gasteiger partial charge < -0.3 is 10.4 Å². The molecule has 0 aliphatic rings. The number of hydrogen-bond acceptors (Lipinski definition) is 3. The van der Waals surface area contributed by atoms with Gasteiger partial charge in [-0.05, 0) is 0 Å². The van der Waals surface area contributed by atoms with Gasteiger partial charge in [0.2, 0.25) is 5.91 Å². The fourth-order valence-electron chi connectivity index (χ4n) is 0.521. The fraction of sp³-hybridized carbons (Fsp3) is 0.714. The molecule has 0 aliphatic carbocycles. The van der Waals surface area contributed by atoms with Gasteiger partial charge in [-0.15, -0.1) is 0 Å². The molecule has 0 aromatic heterocycles. The maximum Gasteiger partial charge on any atom is 0.322 e. The molecule has 0 aromatic rings. The largest absolute Gasteiger partial charge is 0.480 e. The van der Waals surface area contributed by atoms with Crippen molar-refractivity contribution in [3.63, 3.8) is 0 Å². The highest BCUT2D eigenvalue weighted by atomic mass is 32.2.